The number of amides is 1. The number of piperidine rings is 1. The molecule has 1 aliphatic heterocycles. The molecule has 1 amide bonds. The first-order valence-electron chi connectivity index (χ1n) is 5.67. The Hall–Kier alpha value is -2.17. The van der Waals surface area contributed by atoms with Crippen molar-refractivity contribution in [2.75, 3.05) is 0 Å². The largest absolute Gasteiger partial charge is 0.459 e. The molecular formula is C13H13NO4. The number of benzene rings is 1. The van der Waals surface area contributed by atoms with E-state index in [2.05, 4.69) is 5.32 Å². The molecule has 1 atom stereocenters. The zero-order valence-electron chi connectivity index (χ0n) is 9.72. The first-order chi connectivity index (χ1) is 8.65. The zero-order valence-corrected chi connectivity index (χ0v) is 9.72. The molecule has 0 bridgehead atoms. The Balaban J connectivity index is 1.88. The number of rotatable bonds is 3. The number of ketones is 1. The van der Waals surface area contributed by atoms with Crippen molar-refractivity contribution in [3.63, 3.8) is 0 Å². The van der Waals surface area contributed by atoms with Crippen LogP contribution in [0.25, 0.3) is 0 Å². The topological polar surface area (TPSA) is 72.5 Å². The number of hydrogen-bond donors (Lipinski definition) is 1. The SMILES string of the molecule is O=C1CC(=O)N[C@H](C(=O)OCc2ccccc2)C1. The van der Waals surface area contributed by atoms with Crippen LogP contribution in [0.4, 0.5) is 0 Å². The Kier molecular flexibility index (Phi) is 3.72. The molecule has 94 valence electrons. The molecule has 0 aliphatic carbocycles. The van der Waals surface area contributed by atoms with E-state index in [1.807, 2.05) is 30.3 Å². The van der Waals surface area contributed by atoms with Crippen molar-refractivity contribution in [3.05, 3.63) is 35.9 Å². The quantitative estimate of drug-likeness (QED) is 0.626. The zero-order chi connectivity index (χ0) is 13.0. The summed E-state index contributed by atoms with van der Waals surface area (Å²) in [5, 5.41) is 2.45. The lowest BCUT2D eigenvalue weighted by atomic mass is 10.0. The van der Waals surface area contributed by atoms with E-state index in [1.165, 1.54) is 0 Å². The summed E-state index contributed by atoms with van der Waals surface area (Å²) >= 11 is 0. The van der Waals surface area contributed by atoms with Gasteiger partial charge in [0.1, 0.15) is 18.4 Å². The van der Waals surface area contributed by atoms with Crippen LogP contribution in [0.1, 0.15) is 18.4 Å². The lowest BCUT2D eigenvalue weighted by Crippen LogP contribution is -2.47. The van der Waals surface area contributed by atoms with Crippen molar-refractivity contribution in [1.29, 1.82) is 0 Å². The summed E-state index contributed by atoms with van der Waals surface area (Å²) < 4.78 is 5.06. The molecule has 18 heavy (non-hydrogen) atoms. The van der Waals surface area contributed by atoms with Crippen LogP contribution in [0, 0.1) is 0 Å². The number of carbonyl (C=O) groups excluding carboxylic acids is 3. The van der Waals surface area contributed by atoms with Crippen molar-refractivity contribution in [2.24, 2.45) is 0 Å². The summed E-state index contributed by atoms with van der Waals surface area (Å²) in [6.45, 7) is 0.139. The van der Waals surface area contributed by atoms with Gasteiger partial charge in [0.25, 0.3) is 0 Å². The van der Waals surface area contributed by atoms with Gasteiger partial charge in [0.15, 0.2) is 0 Å². The number of esters is 1. The summed E-state index contributed by atoms with van der Waals surface area (Å²) in [5.74, 6) is -1.23. The minimum atomic E-state index is -0.845. The van der Waals surface area contributed by atoms with Gasteiger partial charge in [-0.3, -0.25) is 9.59 Å². The minimum absolute atomic E-state index is 0.0133. The third kappa shape index (κ3) is 3.16. The fourth-order valence-corrected chi connectivity index (χ4v) is 1.75. The highest BCUT2D eigenvalue weighted by molar-refractivity contribution is 6.04. The van der Waals surface area contributed by atoms with E-state index >= 15 is 0 Å². The number of hydrogen-bond acceptors (Lipinski definition) is 4. The van der Waals surface area contributed by atoms with E-state index in [4.69, 9.17) is 4.74 Å². The average molecular weight is 247 g/mol. The summed E-state index contributed by atoms with van der Waals surface area (Å²) in [4.78, 5) is 34.0. The van der Waals surface area contributed by atoms with Gasteiger partial charge in [-0.1, -0.05) is 30.3 Å². The van der Waals surface area contributed by atoms with Crippen LogP contribution in [0.2, 0.25) is 0 Å². The van der Waals surface area contributed by atoms with Crippen molar-refractivity contribution in [1.82, 2.24) is 5.32 Å². The molecule has 0 radical (unpaired) electrons. The Morgan fingerprint density at radius 2 is 2.00 bits per heavy atom. The van der Waals surface area contributed by atoms with E-state index in [0.29, 0.717) is 0 Å². The van der Waals surface area contributed by atoms with Crippen molar-refractivity contribution in [2.45, 2.75) is 25.5 Å². The maximum atomic E-state index is 11.7. The second kappa shape index (κ2) is 5.44. The van der Waals surface area contributed by atoms with Gasteiger partial charge in [-0.2, -0.15) is 0 Å². The normalized spacial score (nSPS) is 19.2. The molecule has 0 spiro atoms. The van der Waals surface area contributed by atoms with Gasteiger partial charge >= 0.3 is 5.97 Å². The molecular weight excluding hydrogens is 234 g/mol. The third-order valence-corrected chi connectivity index (χ3v) is 2.63. The minimum Gasteiger partial charge on any atom is -0.459 e. The van der Waals surface area contributed by atoms with E-state index in [-0.39, 0.29) is 25.2 Å². The monoisotopic (exact) mass is 247 g/mol. The van der Waals surface area contributed by atoms with Gasteiger partial charge in [-0.25, -0.2) is 4.79 Å². The molecule has 5 nitrogen and oxygen atoms in total. The predicted octanol–water partition coefficient (Wildman–Crippen LogP) is 0.577. The molecule has 1 heterocycles. The Morgan fingerprint density at radius 3 is 2.67 bits per heavy atom. The van der Waals surface area contributed by atoms with Gasteiger partial charge in [0, 0.05) is 6.42 Å². The fourth-order valence-electron chi connectivity index (χ4n) is 1.75. The number of ether oxygens (including phenoxy) is 1. The summed E-state index contributed by atoms with van der Waals surface area (Å²) in [5.41, 5.74) is 0.860. The summed E-state index contributed by atoms with van der Waals surface area (Å²) in [7, 11) is 0. The predicted molar refractivity (Wildman–Crippen MR) is 62.4 cm³/mol. The van der Waals surface area contributed by atoms with Crippen LogP contribution < -0.4 is 5.32 Å². The first-order valence-corrected chi connectivity index (χ1v) is 5.67. The molecule has 0 unspecified atom stereocenters. The third-order valence-electron chi connectivity index (χ3n) is 2.63. The lowest BCUT2D eigenvalue weighted by Gasteiger charge is -2.20. The van der Waals surface area contributed by atoms with Gasteiger partial charge in [0.2, 0.25) is 5.91 Å². The second-order valence-corrected chi connectivity index (χ2v) is 4.13. The van der Waals surface area contributed by atoms with E-state index in [9.17, 15) is 14.4 Å². The molecule has 5 heteroatoms. The molecule has 1 saturated heterocycles. The Labute approximate surface area is 104 Å². The van der Waals surface area contributed by atoms with Crippen molar-refractivity contribution in [3.8, 4) is 0 Å². The van der Waals surface area contributed by atoms with Crippen LogP contribution in [0.5, 0.6) is 0 Å². The van der Waals surface area contributed by atoms with Gasteiger partial charge in [-0.05, 0) is 5.56 Å². The summed E-state index contributed by atoms with van der Waals surface area (Å²) in [6, 6.07) is 8.37. The Morgan fingerprint density at radius 1 is 1.28 bits per heavy atom. The maximum absolute atomic E-state index is 11.7. The molecule has 0 aromatic heterocycles. The van der Waals surface area contributed by atoms with Gasteiger partial charge in [-0.15, -0.1) is 0 Å². The molecule has 1 N–H and O–H groups in total. The number of carbonyl (C=O) groups is 3. The molecule has 0 saturated carbocycles. The van der Waals surface area contributed by atoms with E-state index < -0.39 is 17.9 Å². The van der Waals surface area contributed by atoms with Crippen LogP contribution in [-0.4, -0.2) is 23.7 Å². The highest BCUT2D eigenvalue weighted by atomic mass is 16.5. The smallest absolute Gasteiger partial charge is 0.329 e. The fraction of sp³-hybridized carbons (Fsp3) is 0.308. The molecule has 1 aromatic rings. The highest BCUT2D eigenvalue weighted by Gasteiger charge is 2.30. The molecule has 1 aromatic carbocycles. The lowest BCUT2D eigenvalue weighted by molar-refractivity contribution is -0.152. The Bertz CT molecular complexity index is 453. The first kappa shape index (κ1) is 12.3. The van der Waals surface area contributed by atoms with Crippen LogP contribution in [0.15, 0.2) is 30.3 Å². The average Bonchev–Trinajstić information content (AvgIpc) is 2.36. The van der Waals surface area contributed by atoms with Crippen LogP contribution in [0.3, 0.4) is 0 Å². The summed E-state index contributed by atoms with van der Waals surface area (Å²) in [6.07, 6.45) is -0.137. The molecule has 1 fully saturated rings. The van der Waals surface area contributed by atoms with Crippen LogP contribution >= 0.6 is 0 Å². The highest BCUT2D eigenvalue weighted by Crippen LogP contribution is 2.08. The number of nitrogens with one attached hydrogen (secondary N) is 1. The van der Waals surface area contributed by atoms with E-state index in [1.54, 1.807) is 0 Å². The molecule has 2 rings (SSSR count). The standard InChI is InChI=1S/C13H13NO4/c15-10-6-11(14-12(16)7-10)13(17)18-8-9-4-2-1-3-5-9/h1-5,11H,6-8H2,(H,14,16)/t11-/m0/s1. The van der Waals surface area contributed by atoms with Crippen molar-refractivity contribution >= 4 is 17.7 Å². The van der Waals surface area contributed by atoms with E-state index in [0.717, 1.165) is 5.56 Å². The maximum Gasteiger partial charge on any atom is 0.329 e. The number of Topliss-reactive ketones (excluding diaryl/α,β-unsaturated/α-hetero) is 1. The van der Waals surface area contributed by atoms with Crippen LogP contribution in [-0.2, 0) is 25.7 Å². The second-order valence-electron chi connectivity index (χ2n) is 4.13. The van der Waals surface area contributed by atoms with Crippen molar-refractivity contribution < 1.29 is 19.1 Å². The van der Waals surface area contributed by atoms with Gasteiger partial charge in [0.05, 0.1) is 6.42 Å². The van der Waals surface area contributed by atoms with Gasteiger partial charge < -0.3 is 10.1 Å². The molecule has 1 aliphatic rings.